The summed E-state index contributed by atoms with van der Waals surface area (Å²) in [5.74, 6) is -0.139. The van der Waals surface area contributed by atoms with Crippen LogP contribution in [0.25, 0.3) is 0 Å². The minimum absolute atomic E-state index is 0.0325. The summed E-state index contributed by atoms with van der Waals surface area (Å²) in [7, 11) is 0. The lowest BCUT2D eigenvalue weighted by Crippen LogP contribution is -2.28. The molecule has 0 N–H and O–H groups in total. The first-order valence-corrected chi connectivity index (χ1v) is 4.01. The maximum atomic E-state index is 11.1. The van der Waals surface area contributed by atoms with E-state index in [9.17, 15) is 9.59 Å². The van der Waals surface area contributed by atoms with E-state index < -0.39 is 6.10 Å². The topological polar surface area (TPSA) is 43.4 Å². The Hall–Kier alpha value is -0.960. The van der Waals surface area contributed by atoms with Crippen LogP contribution in [-0.2, 0) is 14.3 Å². The van der Waals surface area contributed by atoms with Crippen LogP contribution in [0.3, 0.4) is 0 Å². The van der Waals surface area contributed by atoms with Gasteiger partial charge >= 0.3 is 0 Å². The molecule has 0 saturated heterocycles. The van der Waals surface area contributed by atoms with E-state index in [1.54, 1.807) is 13.0 Å². The molecule has 0 aliphatic carbocycles. The Morgan fingerprint density at radius 2 is 2.58 bits per heavy atom. The smallest absolute Gasteiger partial charge is 0.184 e. The Morgan fingerprint density at radius 3 is 3.17 bits per heavy atom. The highest BCUT2D eigenvalue weighted by Gasteiger charge is 2.21. The lowest BCUT2D eigenvalue weighted by Gasteiger charge is -2.18. The fourth-order valence-corrected chi connectivity index (χ4v) is 1.10. The summed E-state index contributed by atoms with van der Waals surface area (Å²) < 4.78 is 5.17. The Morgan fingerprint density at radius 1 is 1.83 bits per heavy atom. The molecule has 1 rings (SSSR count). The minimum atomic E-state index is -0.407. The number of rotatable bonds is 3. The van der Waals surface area contributed by atoms with Gasteiger partial charge in [0, 0.05) is 5.92 Å². The van der Waals surface area contributed by atoms with Crippen LogP contribution in [0.5, 0.6) is 0 Å². The second-order valence-corrected chi connectivity index (χ2v) is 2.98. The van der Waals surface area contributed by atoms with Crippen LogP contribution in [0.4, 0.5) is 0 Å². The molecule has 0 bridgehead atoms. The zero-order valence-electron chi connectivity index (χ0n) is 7.03. The van der Waals surface area contributed by atoms with Crippen LogP contribution >= 0.6 is 0 Å². The van der Waals surface area contributed by atoms with Crippen LogP contribution in [-0.4, -0.2) is 24.8 Å². The third-order valence-corrected chi connectivity index (χ3v) is 1.81. The quantitative estimate of drug-likeness (QED) is 0.583. The third kappa shape index (κ3) is 2.27. The first-order chi connectivity index (χ1) is 5.74. The Kier molecular flexibility index (Phi) is 3.17. The van der Waals surface area contributed by atoms with Gasteiger partial charge in [0.15, 0.2) is 5.78 Å². The fourth-order valence-electron chi connectivity index (χ4n) is 1.10. The van der Waals surface area contributed by atoms with Gasteiger partial charge in [-0.05, 0) is 12.5 Å². The normalized spacial score (nSPS) is 25.4. The summed E-state index contributed by atoms with van der Waals surface area (Å²) in [6, 6.07) is 0. The monoisotopic (exact) mass is 168 g/mol. The second kappa shape index (κ2) is 4.16. The average Bonchev–Trinajstić information content (AvgIpc) is 2.09. The highest BCUT2D eigenvalue weighted by atomic mass is 16.5. The molecule has 2 atom stereocenters. The number of hydrogen-bond donors (Lipinski definition) is 0. The van der Waals surface area contributed by atoms with Crippen molar-refractivity contribution in [3.63, 3.8) is 0 Å². The van der Waals surface area contributed by atoms with Gasteiger partial charge < -0.3 is 9.53 Å². The summed E-state index contributed by atoms with van der Waals surface area (Å²) in [6.07, 6.45) is 4.13. The molecule has 3 heteroatoms. The molecule has 1 heterocycles. The number of ether oxygens (including phenoxy) is 1. The van der Waals surface area contributed by atoms with Crippen molar-refractivity contribution < 1.29 is 14.3 Å². The molecule has 12 heavy (non-hydrogen) atoms. The zero-order chi connectivity index (χ0) is 8.97. The molecule has 0 spiro atoms. The van der Waals surface area contributed by atoms with Crippen molar-refractivity contribution in [3.8, 4) is 0 Å². The largest absolute Gasteiger partial charge is 0.366 e. The number of ketones is 1. The molecule has 3 nitrogen and oxygen atoms in total. The molecule has 1 aliphatic rings. The van der Waals surface area contributed by atoms with Crippen molar-refractivity contribution in [2.45, 2.75) is 19.4 Å². The van der Waals surface area contributed by atoms with Crippen LogP contribution < -0.4 is 0 Å². The SMILES string of the molecule is CC(C=O)CC1OCC=CC1=O. The van der Waals surface area contributed by atoms with Gasteiger partial charge in [0.25, 0.3) is 0 Å². The summed E-state index contributed by atoms with van der Waals surface area (Å²) in [4.78, 5) is 21.4. The molecule has 0 aromatic rings. The van der Waals surface area contributed by atoms with Crippen molar-refractivity contribution in [1.82, 2.24) is 0 Å². The van der Waals surface area contributed by atoms with E-state index in [2.05, 4.69) is 0 Å². The van der Waals surface area contributed by atoms with Crippen LogP contribution in [0, 0.1) is 5.92 Å². The summed E-state index contributed by atoms with van der Waals surface area (Å²) in [5.41, 5.74) is 0. The van der Waals surface area contributed by atoms with E-state index in [0.717, 1.165) is 6.29 Å². The molecule has 0 aromatic heterocycles. The zero-order valence-corrected chi connectivity index (χ0v) is 7.03. The molecule has 0 radical (unpaired) electrons. The number of carbonyl (C=O) groups is 2. The molecular formula is C9H12O3. The van der Waals surface area contributed by atoms with Crippen molar-refractivity contribution in [2.75, 3.05) is 6.61 Å². The van der Waals surface area contributed by atoms with Gasteiger partial charge in [0.2, 0.25) is 0 Å². The van der Waals surface area contributed by atoms with Crippen LogP contribution in [0.15, 0.2) is 12.2 Å². The molecule has 0 fully saturated rings. The highest BCUT2D eigenvalue weighted by molar-refractivity contribution is 5.94. The van der Waals surface area contributed by atoms with E-state index in [4.69, 9.17) is 4.74 Å². The second-order valence-electron chi connectivity index (χ2n) is 2.98. The van der Waals surface area contributed by atoms with Gasteiger partial charge in [-0.3, -0.25) is 4.79 Å². The van der Waals surface area contributed by atoms with E-state index in [1.807, 2.05) is 0 Å². The van der Waals surface area contributed by atoms with E-state index in [-0.39, 0.29) is 11.7 Å². The predicted molar refractivity (Wildman–Crippen MR) is 43.7 cm³/mol. The third-order valence-electron chi connectivity index (χ3n) is 1.81. The predicted octanol–water partition coefficient (Wildman–Crippen LogP) is 0.736. The van der Waals surface area contributed by atoms with Crippen molar-refractivity contribution >= 4 is 12.1 Å². The van der Waals surface area contributed by atoms with Crippen LogP contribution in [0.2, 0.25) is 0 Å². The maximum absolute atomic E-state index is 11.1. The van der Waals surface area contributed by atoms with E-state index in [1.165, 1.54) is 6.08 Å². The molecule has 2 unspecified atom stereocenters. The summed E-state index contributed by atoms with van der Waals surface area (Å²) in [5, 5.41) is 0. The average molecular weight is 168 g/mol. The Bertz CT molecular complexity index is 208. The van der Waals surface area contributed by atoms with Gasteiger partial charge in [0.05, 0.1) is 6.61 Å². The van der Waals surface area contributed by atoms with Gasteiger partial charge in [-0.2, -0.15) is 0 Å². The first kappa shape index (κ1) is 9.13. The molecule has 0 saturated carbocycles. The Labute approximate surface area is 71.4 Å². The summed E-state index contributed by atoms with van der Waals surface area (Å²) >= 11 is 0. The van der Waals surface area contributed by atoms with Gasteiger partial charge in [0.1, 0.15) is 12.4 Å². The van der Waals surface area contributed by atoms with Gasteiger partial charge in [-0.1, -0.05) is 13.0 Å². The number of aldehydes is 1. The molecule has 0 amide bonds. The number of carbonyl (C=O) groups excluding carboxylic acids is 2. The molecule has 0 aromatic carbocycles. The van der Waals surface area contributed by atoms with E-state index >= 15 is 0 Å². The molecule has 66 valence electrons. The molecular weight excluding hydrogens is 156 g/mol. The maximum Gasteiger partial charge on any atom is 0.184 e. The minimum Gasteiger partial charge on any atom is -0.366 e. The van der Waals surface area contributed by atoms with Crippen molar-refractivity contribution in [1.29, 1.82) is 0 Å². The number of hydrogen-bond acceptors (Lipinski definition) is 3. The highest BCUT2D eigenvalue weighted by Crippen LogP contribution is 2.11. The fraction of sp³-hybridized carbons (Fsp3) is 0.556. The van der Waals surface area contributed by atoms with E-state index in [0.29, 0.717) is 13.0 Å². The Balaban J connectivity index is 2.46. The first-order valence-electron chi connectivity index (χ1n) is 4.01. The lowest BCUT2D eigenvalue weighted by atomic mass is 10.0. The van der Waals surface area contributed by atoms with Crippen molar-refractivity contribution in [3.05, 3.63) is 12.2 Å². The molecule has 1 aliphatic heterocycles. The standard InChI is InChI=1S/C9H12O3/c1-7(6-10)5-9-8(11)3-2-4-12-9/h2-3,6-7,9H,4-5H2,1H3. The van der Waals surface area contributed by atoms with Crippen molar-refractivity contribution in [2.24, 2.45) is 5.92 Å². The van der Waals surface area contributed by atoms with Crippen LogP contribution in [0.1, 0.15) is 13.3 Å². The van der Waals surface area contributed by atoms with Gasteiger partial charge in [-0.15, -0.1) is 0 Å². The lowest BCUT2D eigenvalue weighted by molar-refractivity contribution is -0.127. The summed E-state index contributed by atoms with van der Waals surface area (Å²) in [6.45, 7) is 2.25. The van der Waals surface area contributed by atoms with Gasteiger partial charge in [-0.25, -0.2) is 0 Å².